The maximum absolute atomic E-state index is 12.0. The molecule has 0 bridgehead atoms. The summed E-state index contributed by atoms with van der Waals surface area (Å²) in [5, 5.41) is 3.96. The normalized spacial score (nSPS) is 10.4. The first-order valence-electron chi connectivity index (χ1n) is 6.88. The maximum Gasteiger partial charge on any atom is 0.271 e. The molecule has 6 nitrogen and oxygen atoms in total. The van der Waals surface area contributed by atoms with E-state index in [1.807, 2.05) is 12.1 Å². The van der Waals surface area contributed by atoms with Crippen molar-refractivity contribution in [2.45, 2.75) is 0 Å². The van der Waals surface area contributed by atoms with E-state index < -0.39 is 0 Å². The lowest BCUT2D eigenvalue weighted by molar-refractivity contribution is 0.0955. The summed E-state index contributed by atoms with van der Waals surface area (Å²) in [4.78, 5) is 12.0. The molecule has 0 unspecified atom stereocenters. The Bertz CT molecular complexity index is 713. The third-order valence-corrected chi connectivity index (χ3v) is 3.14. The van der Waals surface area contributed by atoms with Gasteiger partial charge in [0.05, 0.1) is 27.5 Å². The van der Waals surface area contributed by atoms with E-state index in [2.05, 4.69) is 10.5 Å². The Labute approximate surface area is 134 Å². The fourth-order valence-corrected chi connectivity index (χ4v) is 2.00. The number of carbonyl (C=O) groups excluding carboxylic acids is 1. The molecule has 0 radical (unpaired) electrons. The van der Waals surface area contributed by atoms with Gasteiger partial charge >= 0.3 is 0 Å². The Morgan fingerprint density at radius 3 is 2.52 bits per heavy atom. The average Bonchev–Trinajstić information content (AvgIpc) is 2.61. The van der Waals surface area contributed by atoms with E-state index in [9.17, 15) is 4.79 Å². The fraction of sp³-hybridized carbons (Fsp3) is 0.176. The van der Waals surface area contributed by atoms with Crippen molar-refractivity contribution in [1.82, 2.24) is 5.43 Å². The van der Waals surface area contributed by atoms with E-state index in [1.54, 1.807) is 51.7 Å². The minimum atomic E-state index is -0.331. The van der Waals surface area contributed by atoms with Crippen LogP contribution in [0.15, 0.2) is 47.6 Å². The zero-order chi connectivity index (χ0) is 16.7. The van der Waals surface area contributed by atoms with Crippen LogP contribution in [0.25, 0.3) is 0 Å². The number of amides is 1. The molecule has 23 heavy (non-hydrogen) atoms. The Morgan fingerprint density at radius 2 is 1.83 bits per heavy atom. The summed E-state index contributed by atoms with van der Waals surface area (Å²) in [6.45, 7) is 0. The average molecular weight is 314 g/mol. The third kappa shape index (κ3) is 4.00. The molecule has 0 fully saturated rings. The molecule has 0 aromatic heterocycles. The molecular formula is C17H18N2O4. The van der Waals surface area contributed by atoms with Gasteiger partial charge in [-0.15, -0.1) is 0 Å². The van der Waals surface area contributed by atoms with Crippen LogP contribution in [0, 0.1) is 0 Å². The van der Waals surface area contributed by atoms with Gasteiger partial charge in [-0.2, -0.15) is 5.10 Å². The Hall–Kier alpha value is -3.02. The third-order valence-electron chi connectivity index (χ3n) is 3.14. The number of hydrogen-bond acceptors (Lipinski definition) is 5. The van der Waals surface area contributed by atoms with Crippen molar-refractivity contribution in [2.24, 2.45) is 5.10 Å². The topological polar surface area (TPSA) is 69.2 Å². The second-order valence-corrected chi connectivity index (χ2v) is 4.51. The van der Waals surface area contributed by atoms with E-state index in [0.717, 1.165) is 0 Å². The molecule has 0 spiro atoms. The van der Waals surface area contributed by atoms with E-state index in [-0.39, 0.29) is 5.91 Å². The van der Waals surface area contributed by atoms with Crippen LogP contribution >= 0.6 is 0 Å². The second kappa shape index (κ2) is 7.84. The van der Waals surface area contributed by atoms with Crippen LogP contribution < -0.4 is 19.6 Å². The first kappa shape index (κ1) is 16.4. The lowest BCUT2D eigenvalue weighted by Crippen LogP contribution is -2.17. The molecule has 1 amide bonds. The van der Waals surface area contributed by atoms with Crippen molar-refractivity contribution in [3.8, 4) is 17.2 Å². The zero-order valence-electron chi connectivity index (χ0n) is 13.2. The summed E-state index contributed by atoms with van der Waals surface area (Å²) in [5.74, 6) is 1.42. The first-order chi connectivity index (χ1) is 11.2. The molecule has 0 saturated heterocycles. The molecule has 2 rings (SSSR count). The summed E-state index contributed by atoms with van der Waals surface area (Å²) >= 11 is 0. The Balaban J connectivity index is 2.11. The summed E-state index contributed by atoms with van der Waals surface area (Å²) in [7, 11) is 4.65. The number of hydrogen-bond donors (Lipinski definition) is 1. The molecular weight excluding hydrogens is 296 g/mol. The van der Waals surface area contributed by atoms with Crippen molar-refractivity contribution in [3.63, 3.8) is 0 Å². The molecule has 0 aliphatic heterocycles. The van der Waals surface area contributed by atoms with Crippen molar-refractivity contribution >= 4 is 12.1 Å². The molecule has 0 saturated carbocycles. The maximum atomic E-state index is 12.0. The quantitative estimate of drug-likeness (QED) is 0.657. The monoisotopic (exact) mass is 314 g/mol. The van der Waals surface area contributed by atoms with Crippen LogP contribution in [0.4, 0.5) is 0 Å². The van der Waals surface area contributed by atoms with Gasteiger partial charge in [-0.1, -0.05) is 12.1 Å². The van der Waals surface area contributed by atoms with Crippen molar-refractivity contribution in [2.75, 3.05) is 21.3 Å². The highest BCUT2D eigenvalue weighted by Gasteiger charge is 2.08. The summed E-state index contributed by atoms with van der Waals surface area (Å²) in [6.07, 6.45) is 1.50. The zero-order valence-corrected chi connectivity index (χ0v) is 13.2. The predicted molar refractivity (Wildman–Crippen MR) is 87.6 cm³/mol. The molecule has 120 valence electrons. The van der Waals surface area contributed by atoms with Gasteiger partial charge in [0.25, 0.3) is 5.91 Å². The van der Waals surface area contributed by atoms with Gasteiger partial charge in [-0.25, -0.2) is 5.43 Å². The standard InChI is InChI=1S/C17H18N2O4/c1-21-14-8-4-6-12(10-14)17(20)19-18-11-13-7-5-9-15(22-2)16(13)23-3/h4-11H,1-3H3,(H,19,20). The number of nitrogens with one attached hydrogen (secondary N) is 1. The largest absolute Gasteiger partial charge is 0.497 e. The number of rotatable bonds is 6. The van der Waals surface area contributed by atoms with Gasteiger partial charge in [-0.3, -0.25) is 4.79 Å². The lowest BCUT2D eigenvalue weighted by Gasteiger charge is -2.09. The van der Waals surface area contributed by atoms with Crippen LogP contribution in [-0.4, -0.2) is 33.5 Å². The van der Waals surface area contributed by atoms with Crippen molar-refractivity contribution < 1.29 is 19.0 Å². The first-order valence-corrected chi connectivity index (χ1v) is 6.88. The van der Waals surface area contributed by atoms with Crippen LogP contribution in [0.5, 0.6) is 17.2 Å². The van der Waals surface area contributed by atoms with E-state index >= 15 is 0 Å². The molecule has 0 heterocycles. The second-order valence-electron chi connectivity index (χ2n) is 4.51. The fourth-order valence-electron chi connectivity index (χ4n) is 2.00. The molecule has 2 aromatic rings. The van der Waals surface area contributed by atoms with Crippen molar-refractivity contribution in [3.05, 3.63) is 53.6 Å². The molecule has 0 aliphatic rings. The number of methoxy groups -OCH3 is 3. The molecule has 1 N–H and O–H groups in total. The summed E-state index contributed by atoms with van der Waals surface area (Å²) < 4.78 is 15.6. The van der Waals surface area contributed by atoms with Crippen LogP contribution in [0.2, 0.25) is 0 Å². The van der Waals surface area contributed by atoms with Gasteiger partial charge < -0.3 is 14.2 Å². The SMILES string of the molecule is COc1cccc(C(=O)NN=Cc2cccc(OC)c2OC)c1. The smallest absolute Gasteiger partial charge is 0.271 e. The molecule has 6 heteroatoms. The van der Waals surface area contributed by atoms with Crippen LogP contribution in [-0.2, 0) is 0 Å². The highest BCUT2D eigenvalue weighted by molar-refractivity contribution is 5.95. The van der Waals surface area contributed by atoms with E-state index in [0.29, 0.717) is 28.4 Å². The summed E-state index contributed by atoms with van der Waals surface area (Å²) in [6, 6.07) is 12.2. The number of benzene rings is 2. The van der Waals surface area contributed by atoms with Crippen LogP contribution in [0.1, 0.15) is 15.9 Å². The minimum Gasteiger partial charge on any atom is -0.497 e. The van der Waals surface area contributed by atoms with Gasteiger partial charge in [0.15, 0.2) is 11.5 Å². The van der Waals surface area contributed by atoms with Crippen molar-refractivity contribution in [1.29, 1.82) is 0 Å². The lowest BCUT2D eigenvalue weighted by atomic mass is 10.2. The highest BCUT2D eigenvalue weighted by atomic mass is 16.5. The number of ether oxygens (including phenoxy) is 3. The van der Waals surface area contributed by atoms with E-state index in [4.69, 9.17) is 14.2 Å². The number of carbonyl (C=O) groups is 1. The predicted octanol–water partition coefficient (Wildman–Crippen LogP) is 2.48. The van der Waals surface area contributed by atoms with Gasteiger partial charge in [0, 0.05) is 11.1 Å². The van der Waals surface area contributed by atoms with Crippen LogP contribution in [0.3, 0.4) is 0 Å². The van der Waals surface area contributed by atoms with E-state index in [1.165, 1.54) is 6.21 Å². The number of nitrogens with zero attached hydrogens (tertiary/aromatic N) is 1. The Morgan fingerprint density at radius 1 is 1.04 bits per heavy atom. The molecule has 0 aliphatic carbocycles. The van der Waals surface area contributed by atoms with Gasteiger partial charge in [0.1, 0.15) is 5.75 Å². The minimum absolute atomic E-state index is 0.331. The molecule has 2 aromatic carbocycles. The highest BCUT2D eigenvalue weighted by Crippen LogP contribution is 2.29. The van der Waals surface area contributed by atoms with Gasteiger partial charge in [-0.05, 0) is 30.3 Å². The molecule has 0 atom stereocenters. The Kier molecular flexibility index (Phi) is 5.57. The number of para-hydroxylation sites is 1. The summed E-state index contributed by atoms with van der Waals surface area (Å²) in [5.41, 5.74) is 3.62. The number of hydrazone groups is 1. The van der Waals surface area contributed by atoms with Gasteiger partial charge in [0.2, 0.25) is 0 Å².